The van der Waals surface area contributed by atoms with E-state index >= 15 is 0 Å². The van der Waals surface area contributed by atoms with Crippen LogP contribution in [0.25, 0.3) is 88.7 Å². The smallest absolute Gasteiger partial charge is 0.143 e. The van der Waals surface area contributed by atoms with E-state index in [9.17, 15) is 0 Å². The monoisotopic (exact) mass is 877 g/mol. The highest BCUT2D eigenvalue weighted by Crippen LogP contribution is 2.61. The lowest BCUT2D eigenvalue weighted by Gasteiger charge is -2.36. The largest absolute Gasteiger partial charge is 0.455 e. The van der Waals surface area contributed by atoms with Crippen LogP contribution in [0.3, 0.4) is 0 Å². The average Bonchev–Trinajstić information content (AvgIpc) is 3.96. The molecule has 0 saturated carbocycles. The predicted octanol–water partition coefficient (Wildman–Crippen LogP) is 18.1. The van der Waals surface area contributed by atoms with Gasteiger partial charge in [-0.2, -0.15) is 0 Å². The van der Waals surface area contributed by atoms with Crippen molar-refractivity contribution in [3.8, 4) is 66.8 Å². The van der Waals surface area contributed by atoms with Crippen molar-refractivity contribution in [2.24, 2.45) is 0 Å². The summed E-state index contributed by atoms with van der Waals surface area (Å²) in [4.78, 5) is 2.40. The summed E-state index contributed by atoms with van der Waals surface area (Å²) in [5, 5.41) is 2.26. The Kier molecular flexibility index (Phi) is 8.84. The van der Waals surface area contributed by atoms with Crippen LogP contribution in [0, 0.1) is 0 Å². The fraction of sp³-hybridized carbons (Fsp3) is 0.0149. The molecule has 0 unspecified atom stereocenters. The fourth-order valence-electron chi connectivity index (χ4n) is 11.8. The van der Waals surface area contributed by atoms with Gasteiger partial charge >= 0.3 is 0 Å². The lowest BCUT2D eigenvalue weighted by atomic mass is 9.64. The summed E-state index contributed by atoms with van der Waals surface area (Å²) in [5.41, 5.74) is 24.0. The van der Waals surface area contributed by atoms with Crippen LogP contribution in [0.15, 0.2) is 265 Å². The second kappa shape index (κ2) is 15.6. The molecule has 2 nitrogen and oxygen atoms in total. The van der Waals surface area contributed by atoms with E-state index in [1.807, 2.05) is 12.1 Å². The molecule has 0 aliphatic heterocycles. The lowest BCUT2D eigenvalue weighted by Crippen LogP contribution is -2.30. The van der Waals surface area contributed by atoms with Crippen LogP contribution in [0.2, 0.25) is 0 Å². The lowest BCUT2D eigenvalue weighted by molar-refractivity contribution is 0.670. The summed E-state index contributed by atoms with van der Waals surface area (Å²) in [6.45, 7) is 0. The van der Waals surface area contributed by atoms with Gasteiger partial charge in [0.15, 0.2) is 0 Å². The molecule has 1 spiro atoms. The molecule has 2 heteroatoms. The van der Waals surface area contributed by atoms with Crippen LogP contribution in [0.4, 0.5) is 17.1 Å². The molecule has 0 saturated heterocycles. The number of furan rings is 1. The highest BCUT2D eigenvalue weighted by Gasteiger charge is 2.48. The zero-order valence-corrected chi connectivity index (χ0v) is 37.7. The zero-order valence-electron chi connectivity index (χ0n) is 37.7. The molecule has 0 amide bonds. The van der Waals surface area contributed by atoms with Gasteiger partial charge in [0.2, 0.25) is 0 Å². The minimum Gasteiger partial charge on any atom is -0.455 e. The Morgan fingerprint density at radius 2 is 0.667 bits per heavy atom. The van der Waals surface area contributed by atoms with Crippen molar-refractivity contribution in [2.45, 2.75) is 5.41 Å². The van der Waals surface area contributed by atoms with E-state index in [0.717, 1.165) is 50.1 Å². The van der Waals surface area contributed by atoms with Crippen molar-refractivity contribution < 1.29 is 4.42 Å². The zero-order chi connectivity index (χ0) is 45.5. The molecule has 2 aliphatic rings. The van der Waals surface area contributed by atoms with Gasteiger partial charge in [-0.05, 0) is 126 Å². The fourth-order valence-corrected chi connectivity index (χ4v) is 11.8. The van der Waals surface area contributed by atoms with Crippen molar-refractivity contribution in [3.05, 3.63) is 283 Å². The molecule has 14 rings (SSSR count). The molecular weight excluding hydrogens is 835 g/mol. The molecule has 2 aliphatic carbocycles. The van der Waals surface area contributed by atoms with E-state index in [2.05, 4.69) is 254 Å². The molecule has 69 heavy (non-hydrogen) atoms. The van der Waals surface area contributed by atoms with E-state index < -0.39 is 5.41 Å². The SMILES string of the molecule is c1ccc(-c2ccc(N(c3ccc(-c4cccc5c4oc4ccccc45)cc3)c3ccc4c(c3)-c3ccccc3-c3ccccc3C3(c5ccccc5-4)c4ccccc4-c4ccccc43)cc2)cc1. The molecule has 1 heterocycles. The van der Waals surface area contributed by atoms with E-state index in [0.29, 0.717) is 0 Å². The molecule has 12 aromatic rings. The average molecular weight is 878 g/mol. The summed E-state index contributed by atoms with van der Waals surface area (Å²) >= 11 is 0. The Bertz CT molecular complexity index is 3910. The van der Waals surface area contributed by atoms with E-state index in [1.54, 1.807) is 0 Å². The topological polar surface area (TPSA) is 16.4 Å². The molecular formula is C67H43NO. The standard InChI is InChI=1S/C67H43NO/c1-2-17-44(18-3-1)45-33-37-47(38-34-45)68(48-39-35-46(36-40-48)50-26-16-27-59-58-25-10-15-32-65(58)69-66(50)59)49-41-42-53-55-22-7-12-29-62(55)67(63-30-13-8-23-56(63)57-24-9-14-31-64(57)67)61-28-11-6-21-54(61)51-19-4-5-20-52(51)60(53)43-49/h1-43H. The van der Waals surface area contributed by atoms with Gasteiger partial charge in [0.05, 0.1) is 5.41 Å². The number of para-hydroxylation sites is 2. The predicted molar refractivity (Wildman–Crippen MR) is 286 cm³/mol. The highest BCUT2D eigenvalue weighted by molar-refractivity contribution is 6.09. The third kappa shape index (κ3) is 5.92. The van der Waals surface area contributed by atoms with Crippen molar-refractivity contribution >= 4 is 39.0 Å². The Labute approximate surface area is 401 Å². The summed E-state index contributed by atoms with van der Waals surface area (Å²) in [5.74, 6) is 0. The maximum atomic E-state index is 6.51. The number of benzene rings is 11. The Morgan fingerprint density at radius 1 is 0.261 bits per heavy atom. The van der Waals surface area contributed by atoms with Crippen LogP contribution < -0.4 is 4.90 Å². The quantitative estimate of drug-likeness (QED) is 0.171. The molecule has 0 N–H and O–H groups in total. The van der Waals surface area contributed by atoms with Crippen LogP contribution in [0.5, 0.6) is 0 Å². The van der Waals surface area contributed by atoms with Gasteiger partial charge in [-0.15, -0.1) is 0 Å². The maximum absolute atomic E-state index is 6.51. The van der Waals surface area contributed by atoms with Gasteiger partial charge in [-0.25, -0.2) is 0 Å². The normalized spacial score (nSPS) is 12.8. The van der Waals surface area contributed by atoms with Crippen LogP contribution in [-0.2, 0) is 5.41 Å². The first-order valence-electron chi connectivity index (χ1n) is 23.8. The second-order valence-electron chi connectivity index (χ2n) is 18.3. The molecule has 0 radical (unpaired) electrons. The van der Waals surface area contributed by atoms with Gasteiger partial charge in [-0.3, -0.25) is 0 Å². The first kappa shape index (κ1) is 39.2. The highest BCUT2D eigenvalue weighted by atomic mass is 16.3. The Balaban J connectivity index is 0.998. The van der Waals surface area contributed by atoms with Gasteiger partial charge in [0.25, 0.3) is 0 Å². The number of nitrogens with zero attached hydrogens (tertiary/aromatic N) is 1. The molecule has 11 aromatic carbocycles. The second-order valence-corrected chi connectivity index (χ2v) is 18.3. The molecule has 1 aromatic heterocycles. The molecule has 0 atom stereocenters. The first-order chi connectivity index (χ1) is 34.2. The number of hydrogen-bond donors (Lipinski definition) is 0. The van der Waals surface area contributed by atoms with Crippen molar-refractivity contribution in [1.29, 1.82) is 0 Å². The minimum atomic E-state index is -0.575. The summed E-state index contributed by atoms with van der Waals surface area (Å²) in [6.07, 6.45) is 0. The van der Waals surface area contributed by atoms with Gasteiger partial charge in [-0.1, -0.05) is 218 Å². The van der Waals surface area contributed by atoms with Crippen molar-refractivity contribution in [1.82, 2.24) is 0 Å². The molecule has 322 valence electrons. The Morgan fingerprint density at radius 3 is 1.26 bits per heavy atom. The third-order valence-electron chi connectivity index (χ3n) is 14.7. The molecule has 0 fully saturated rings. The number of anilines is 3. The van der Waals surface area contributed by atoms with Gasteiger partial charge < -0.3 is 9.32 Å². The van der Waals surface area contributed by atoms with Gasteiger partial charge in [0, 0.05) is 33.4 Å². The first-order valence-corrected chi connectivity index (χ1v) is 23.8. The van der Waals surface area contributed by atoms with Crippen LogP contribution in [-0.4, -0.2) is 0 Å². The number of rotatable bonds is 5. The maximum Gasteiger partial charge on any atom is 0.143 e. The van der Waals surface area contributed by atoms with Crippen LogP contribution in [0.1, 0.15) is 22.3 Å². The minimum absolute atomic E-state index is 0.575. The summed E-state index contributed by atoms with van der Waals surface area (Å²) in [6, 6.07) is 95.9. The number of hydrogen-bond acceptors (Lipinski definition) is 2. The van der Waals surface area contributed by atoms with Crippen molar-refractivity contribution in [2.75, 3.05) is 4.90 Å². The van der Waals surface area contributed by atoms with E-state index in [1.165, 1.54) is 77.9 Å². The third-order valence-corrected chi connectivity index (χ3v) is 14.7. The summed E-state index contributed by atoms with van der Waals surface area (Å²) < 4.78 is 6.51. The number of fused-ring (bicyclic) bond motifs is 17. The van der Waals surface area contributed by atoms with E-state index in [4.69, 9.17) is 4.42 Å². The molecule has 0 bridgehead atoms. The Hall–Kier alpha value is -8.98. The van der Waals surface area contributed by atoms with Crippen molar-refractivity contribution in [3.63, 3.8) is 0 Å². The summed E-state index contributed by atoms with van der Waals surface area (Å²) in [7, 11) is 0. The van der Waals surface area contributed by atoms with Crippen LogP contribution >= 0.6 is 0 Å². The van der Waals surface area contributed by atoms with Gasteiger partial charge in [0.1, 0.15) is 11.2 Å². The van der Waals surface area contributed by atoms with E-state index in [-0.39, 0.29) is 0 Å².